The number of para-hydroxylation sites is 4. The molecule has 2 aliphatic rings. The normalized spacial score (nSPS) is 13.3. The second-order valence-electron chi connectivity index (χ2n) is 13.1. The second-order valence-corrected chi connectivity index (χ2v) is 13.1. The molecule has 0 saturated heterocycles. The van der Waals surface area contributed by atoms with Crippen molar-refractivity contribution in [2.75, 3.05) is 0 Å². The van der Waals surface area contributed by atoms with E-state index in [9.17, 15) is 0 Å². The Morgan fingerprint density at radius 1 is 0.431 bits per heavy atom. The highest BCUT2D eigenvalue weighted by Crippen LogP contribution is 2.51. The number of benzene rings is 7. The summed E-state index contributed by atoms with van der Waals surface area (Å²) in [7, 11) is 0. The lowest BCUT2D eigenvalue weighted by molar-refractivity contribution is 0.472. The van der Waals surface area contributed by atoms with Crippen LogP contribution >= 0.6 is 0 Å². The lowest BCUT2D eigenvalue weighted by atomic mass is 9.90. The Labute approximate surface area is 297 Å². The van der Waals surface area contributed by atoms with E-state index in [2.05, 4.69) is 144 Å². The smallest absolute Gasteiger partial charge is 0.136 e. The Morgan fingerprint density at radius 3 is 1.86 bits per heavy atom. The van der Waals surface area contributed by atoms with Crippen LogP contribution in [0.25, 0.3) is 72.0 Å². The number of fused-ring (bicyclic) bond motifs is 9. The van der Waals surface area contributed by atoms with E-state index in [-0.39, 0.29) is 0 Å². The van der Waals surface area contributed by atoms with Gasteiger partial charge in [-0.05, 0) is 72.0 Å². The van der Waals surface area contributed by atoms with Gasteiger partial charge in [-0.15, -0.1) is 0 Å². The highest BCUT2D eigenvalue weighted by Gasteiger charge is 2.24. The van der Waals surface area contributed by atoms with E-state index >= 15 is 0 Å². The molecular weight excluding hydrogens is 623 g/mol. The van der Waals surface area contributed by atoms with Gasteiger partial charge in [0.2, 0.25) is 0 Å². The summed E-state index contributed by atoms with van der Waals surface area (Å²) in [6.45, 7) is 0. The standard InChI is InChI=1S/C48H33NO2/c1-3-15-32(16-4-1)35-22-14-28-46-47(35)41-31-33(29-30-45(41)50-43-26-11-8-20-38(43)39-21-9-12-27-44(39)51-46)36-23-13-24-40-37-19-7-10-25-42(37)49(48(36)40)34-17-5-2-6-18-34/h1,3-5,7-31H,2,6H2. The molecule has 2 heterocycles. The van der Waals surface area contributed by atoms with Gasteiger partial charge in [-0.2, -0.15) is 0 Å². The molecule has 242 valence electrons. The van der Waals surface area contributed by atoms with E-state index in [1.165, 1.54) is 27.5 Å². The van der Waals surface area contributed by atoms with Crippen molar-refractivity contribution in [2.45, 2.75) is 12.8 Å². The molecule has 1 aliphatic carbocycles. The third kappa shape index (κ3) is 4.89. The van der Waals surface area contributed by atoms with Crippen molar-refractivity contribution >= 4 is 27.5 Å². The van der Waals surface area contributed by atoms with Crippen molar-refractivity contribution in [2.24, 2.45) is 0 Å². The number of nitrogens with zero attached hydrogens (tertiary/aromatic N) is 1. The largest absolute Gasteiger partial charge is 0.456 e. The van der Waals surface area contributed by atoms with Gasteiger partial charge in [-0.25, -0.2) is 0 Å². The van der Waals surface area contributed by atoms with E-state index in [0.717, 1.165) is 80.3 Å². The van der Waals surface area contributed by atoms with Gasteiger partial charge in [0.15, 0.2) is 0 Å². The topological polar surface area (TPSA) is 23.4 Å². The van der Waals surface area contributed by atoms with Crippen LogP contribution < -0.4 is 9.47 Å². The van der Waals surface area contributed by atoms with Gasteiger partial charge in [0.05, 0.1) is 11.0 Å². The third-order valence-corrected chi connectivity index (χ3v) is 10.1. The van der Waals surface area contributed by atoms with Crippen LogP contribution in [0.2, 0.25) is 0 Å². The van der Waals surface area contributed by atoms with Crippen molar-refractivity contribution in [1.82, 2.24) is 4.57 Å². The first-order chi connectivity index (χ1) is 25.3. The maximum absolute atomic E-state index is 6.99. The van der Waals surface area contributed by atoms with Gasteiger partial charge in [0, 0.05) is 44.3 Å². The summed E-state index contributed by atoms with van der Waals surface area (Å²) >= 11 is 0. The number of rotatable bonds is 3. The van der Waals surface area contributed by atoms with Crippen LogP contribution in [-0.2, 0) is 0 Å². The van der Waals surface area contributed by atoms with Gasteiger partial charge in [0.1, 0.15) is 23.0 Å². The zero-order valence-electron chi connectivity index (χ0n) is 27.9. The predicted octanol–water partition coefficient (Wildman–Crippen LogP) is 13.6. The first kappa shape index (κ1) is 29.3. The molecule has 1 aliphatic heterocycles. The Morgan fingerprint density at radius 2 is 1.06 bits per heavy atom. The highest BCUT2D eigenvalue weighted by atomic mass is 16.5. The number of ether oxygens (including phenoxy) is 2. The first-order valence-electron chi connectivity index (χ1n) is 17.6. The Bertz CT molecular complexity index is 2700. The van der Waals surface area contributed by atoms with E-state index in [4.69, 9.17) is 9.47 Å². The molecule has 0 N–H and O–H groups in total. The summed E-state index contributed by atoms with van der Waals surface area (Å²) in [6.07, 6.45) is 9.00. The van der Waals surface area contributed by atoms with Crippen LogP contribution in [0.4, 0.5) is 0 Å². The van der Waals surface area contributed by atoms with Crippen LogP contribution in [-0.4, -0.2) is 4.57 Å². The summed E-state index contributed by atoms with van der Waals surface area (Å²) in [6, 6.07) is 55.4. The number of hydrogen-bond donors (Lipinski definition) is 0. The van der Waals surface area contributed by atoms with Crippen LogP contribution in [0, 0.1) is 0 Å². The number of allylic oxidation sites excluding steroid dienone is 4. The molecule has 10 rings (SSSR count). The van der Waals surface area contributed by atoms with E-state index < -0.39 is 0 Å². The van der Waals surface area contributed by atoms with Gasteiger partial charge in [-0.1, -0.05) is 133 Å². The molecule has 3 nitrogen and oxygen atoms in total. The molecule has 0 amide bonds. The minimum atomic E-state index is 0.768. The van der Waals surface area contributed by atoms with E-state index in [1.807, 2.05) is 36.4 Å². The zero-order chi connectivity index (χ0) is 33.7. The van der Waals surface area contributed by atoms with Gasteiger partial charge < -0.3 is 14.0 Å². The molecule has 3 heteroatoms. The Balaban J connectivity index is 1.28. The fourth-order valence-corrected chi connectivity index (χ4v) is 7.81. The summed E-state index contributed by atoms with van der Waals surface area (Å²) in [5.41, 5.74) is 12.0. The fourth-order valence-electron chi connectivity index (χ4n) is 7.81. The summed E-state index contributed by atoms with van der Waals surface area (Å²) in [4.78, 5) is 0. The Hall–Kier alpha value is -6.58. The average molecular weight is 656 g/mol. The summed E-state index contributed by atoms with van der Waals surface area (Å²) in [5.74, 6) is 3.10. The molecule has 0 radical (unpaired) electrons. The Kier molecular flexibility index (Phi) is 6.95. The van der Waals surface area contributed by atoms with Crippen LogP contribution in [0.1, 0.15) is 12.8 Å². The molecule has 0 fully saturated rings. The molecule has 51 heavy (non-hydrogen) atoms. The fraction of sp³-hybridized carbons (Fsp3) is 0.0417. The van der Waals surface area contributed by atoms with Crippen molar-refractivity contribution < 1.29 is 9.47 Å². The van der Waals surface area contributed by atoms with Crippen LogP contribution in [0.15, 0.2) is 176 Å². The maximum Gasteiger partial charge on any atom is 0.136 e. The molecule has 0 saturated carbocycles. The maximum atomic E-state index is 6.99. The average Bonchev–Trinajstić information content (AvgIpc) is 3.54. The quantitative estimate of drug-likeness (QED) is 0.189. The predicted molar refractivity (Wildman–Crippen MR) is 210 cm³/mol. The lowest BCUT2D eigenvalue weighted by Gasteiger charge is -2.23. The van der Waals surface area contributed by atoms with Gasteiger partial charge in [0.25, 0.3) is 0 Å². The molecule has 0 spiro atoms. The monoisotopic (exact) mass is 655 g/mol. The molecule has 0 bridgehead atoms. The van der Waals surface area contributed by atoms with Gasteiger partial charge in [-0.3, -0.25) is 0 Å². The third-order valence-electron chi connectivity index (χ3n) is 10.1. The van der Waals surface area contributed by atoms with Gasteiger partial charge >= 0.3 is 0 Å². The lowest BCUT2D eigenvalue weighted by Crippen LogP contribution is -2.00. The van der Waals surface area contributed by atoms with Crippen molar-refractivity contribution in [3.05, 3.63) is 176 Å². The molecule has 8 aromatic rings. The van der Waals surface area contributed by atoms with Crippen LogP contribution in [0.5, 0.6) is 23.0 Å². The van der Waals surface area contributed by atoms with E-state index in [1.54, 1.807) is 0 Å². The first-order valence-corrected chi connectivity index (χ1v) is 17.6. The highest BCUT2D eigenvalue weighted by molar-refractivity contribution is 6.15. The zero-order valence-corrected chi connectivity index (χ0v) is 27.9. The SMILES string of the molecule is C1=CC(n2c3ccccc3c3cccc(-c4ccc5c(c4)-c4c(cccc4-c4ccccc4)Oc4ccccc4-c4ccccc4O5)c32)=CCC1. The van der Waals surface area contributed by atoms with Crippen molar-refractivity contribution in [1.29, 1.82) is 0 Å². The molecule has 1 aromatic heterocycles. The minimum Gasteiger partial charge on any atom is -0.456 e. The van der Waals surface area contributed by atoms with Crippen LogP contribution in [0.3, 0.4) is 0 Å². The van der Waals surface area contributed by atoms with E-state index in [0.29, 0.717) is 0 Å². The number of hydrogen-bond acceptors (Lipinski definition) is 2. The second kappa shape index (κ2) is 12.1. The molecule has 7 aromatic carbocycles. The van der Waals surface area contributed by atoms with Crippen molar-refractivity contribution in [3.8, 4) is 67.5 Å². The molecule has 0 atom stereocenters. The summed E-state index contributed by atoms with van der Waals surface area (Å²) < 4.78 is 16.4. The molecule has 0 unspecified atom stereocenters. The minimum absolute atomic E-state index is 0.768. The number of aromatic nitrogens is 1. The van der Waals surface area contributed by atoms with Crippen molar-refractivity contribution in [3.63, 3.8) is 0 Å². The molecular formula is C48H33NO2. The summed E-state index contributed by atoms with van der Waals surface area (Å²) in [5, 5.41) is 2.48.